The lowest BCUT2D eigenvalue weighted by molar-refractivity contribution is 0.282. The van der Waals surface area contributed by atoms with Crippen molar-refractivity contribution < 1.29 is 13.7 Å². The second-order valence-corrected chi connectivity index (χ2v) is 3.47. The summed E-state index contributed by atoms with van der Waals surface area (Å²) >= 11 is 0. The summed E-state index contributed by atoms with van der Waals surface area (Å²) in [7, 11) is 0. The van der Waals surface area contributed by atoms with Crippen LogP contribution in [-0.4, -0.2) is 10.1 Å². The van der Waals surface area contributed by atoms with Gasteiger partial charge in [-0.3, -0.25) is 0 Å². The minimum Gasteiger partial charge on any atom is -0.485 e. The first kappa shape index (κ1) is 11.5. The molecule has 17 heavy (non-hydrogen) atoms. The van der Waals surface area contributed by atoms with Gasteiger partial charge in [-0.1, -0.05) is 5.16 Å². The van der Waals surface area contributed by atoms with Crippen LogP contribution in [0.25, 0.3) is 0 Å². The van der Waals surface area contributed by atoms with Crippen molar-refractivity contribution in [1.82, 2.24) is 10.1 Å². The van der Waals surface area contributed by atoms with E-state index in [1.807, 2.05) is 0 Å². The van der Waals surface area contributed by atoms with Gasteiger partial charge >= 0.3 is 0 Å². The molecule has 6 heteroatoms. The Morgan fingerprint density at radius 2 is 2.29 bits per heavy atom. The zero-order valence-electron chi connectivity index (χ0n) is 9.31. The van der Waals surface area contributed by atoms with Crippen LogP contribution >= 0.6 is 0 Å². The molecule has 0 bridgehead atoms. The van der Waals surface area contributed by atoms with E-state index >= 15 is 0 Å². The number of ether oxygens (including phenoxy) is 1. The first-order valence-corrected chi connectivity index (χ1v) is 5.09. The van der Waals surface area contributed by atoms with Crippen molar-refractivity contribution in [3.8, 4) is 5.75 Å². The quantitative estimate of drug-likeness (QED) is 0.873. The molecule has 1 aromatic heterocycles. The minimum absolute atomic E-state index is 0.163. The van der Waals surface area contributed by atoms with Crippen molar-refractivity contribution in [3.63, 3.8) is 0 Å². The third-order valence-electron chi connectivity index (χ3n) is 2.17. The molecule has 2 aromatic rings. The number of aromatic nitrogens is 2. The summed E-state index contributed by atoms with van der Waals surface area (Å²) in [5.74, 6) is 1.10. The van der Waals surface area contributed by atoms with Crippen LogP contribution in [0.3, 0.4) is 0 Å². The molecule has 0 aliphatic carbocycles. The fourth-order valence-electron chi connectivity index (χ4n) is 1.39. The highest BCUT2D eigenvalue weighted by Crippen LogP contribution is 2.20. The highest BCUT2D eigenvalue weighted by atomic mass is 19.1. The molecular formula is C11H12FN3O2. The van der Waals surface area contributed by atoms with Gasteiger partial charge in [0.05, 0.1) is 0 Å². The van der Waals surface area contributed by atoms with Gasteiger partial charge < -0.3 is 15.0 Å². The SMILES string of the molecule is Cc1nc(COc2ccc(F)cc2CN)no1. The highest BCUT2D eigenvalue weighted by molar-refractivity contribution is 5.33. The lowest BCUT2D eigenvalue weighted by Crippen LogP contribution is -2.04. The monoisotopic (exact) mass is 237 g/mol. The van der Waals surface area contributed by atoms with Gasteiger partial charge in [0.25, 0.3) is 0 Å². The lowest BCUT2D eigenvalue weighted by atomic mass is 10.2. The molecule has 5 nitrogen and oxygen atoms in total. The Morgan fingerprint density at radius 3 is 2.94 bits per heavy atom. The number of hydrogen-bond donors (Lipinski definition) is 1. The Bertz CT molecular complexity index is 513. The van der Waals surface area contributed by atoms with Crippen LogP contribution in [-0.2, 0) is 13.2 Å². The summed E-state index contributed by atoms with van der Waals surface area (Å²) in [6.07, 6.45) is 0. The van der Waals surface area contributed by atoms with Crippen LogP contribution in [0.15, 0.2) is 22.7 Å². The van der Waals surface area contributed by atoms with Gasteiger partial charge in [0.2, 0.25) is 11.7 Å². The van der Waals surface area contributed by atoms with Crippen molar-refractivity contribution in [2.24, 2.45) is 5.73 Å². The van der Waals surface area contributed by atoms with Crippen LogP contribution in [0.4, 0.5) is 4.39 Å². The van der Waals surface area contributed by atoms with Crippen LogP contribution in [0.2, 0.25) is 0 Å². The molecule has 0 saturated carbocycles. The van der Waals surface area contributed by atoms with Crippen molar-refractivity contribution in [2.75, 3.05) is 0 Å². The molecule has 2 rings (SSSR count). The summed E-state index contributed by atoms with van der Waals surface area (Å²) in [6.45, 7) is 2.06. The molecule has 2 N–H and O–H groups in total. The summed E-state index contributed by atoms with van der Waals surface area (Å²) in [4.78, 5) is 3.99. The van der Waals surface area contributed by atoms with Crippen LogP contribution < -0.4 is 10.5 Å². The normalized spacial score (nSPS) is 10.5. The zero-order valence-corrected chi connectivity index (χ0v) is 9.31. The maximum absolute atomic E-state index is 12.9. The van der Waals surface area contributed by atoms with E-state index in [1.165, 1.54) is 18.2 Å². The van der Waals surface area contributed by atoms with E-state index in [1.54, 1.807) is 6.92 Å². The van der Waals surface area contributed by atoms with E-state index in [0.717, 1.165) is 0 Å². The van der Waals surface area contributed by atoms with Crippen LogP contribution in [0, 0.1) is 12.7 Å². The van der Waals surface area contributed by atoms with E-state index < -0.39 is 0 Å². The maximum atomic E-state index is 12.9. The fourth-order valence-corrected chi connectivity index (χ4v) is 1.39. The topological polar surface area (TPSA) is 74.2 Å². The van der Waals surface area contributed by atoms with Gasteiger partial charge in [0, 0.05) is 19.0 Å². The third kappa shape index (κ3) is 2.79. The Morgan fingerprint density at radius 1 is 1.47 bits per heavy atom. The second kappa shape index (κ2) is 4.92. The molecule has 0 aliphatic rings. The number of benzene rings is 1. The Kier molecular flexibility index (Phi) is 3.34. The lowest BCUT2D eigenvalue weighted by Gasteiger charge is -2.08. The predicted molar refractivity (Wildman–Crippen MR) is 57.7 cm³/mol. The number of hydrogen-bond acceptors (Lipinski definition) is 5. The summed E-state index contributed by atoms with van der Waals surface area (Å²) in [5.41, 5.74) is 6.10. The molecule has 90 valence electrons. The standard InChI is InChI=1S/C11H12FN3O2/c1-7-14-11(15-17-7)6-16-10-3-2-9(12)4-8(10)5-13/h2-4H,5-6,13H2,1H3. The number of aryl methyl sites for hydroxylation is 1. The average Bonchev–Trinajstić information content (AvgIpc) is 2.73. The molecule has 0 unspecified atom stereocenters. The van der Waals surface area contributed by atoms with Crippen LogP contribution in [0.1, 0.15) is 17.3 Å². The number of rotatable bonds is 4. The second-order valence-electron chi connectivity index (χ2n) is 3.47. The van der Waals surface area contributed by atoms with Gasteiger partial charge in [-0.15, -0.1) is 0 Å². The average molecular weight is 237 g/mol. The van der Waals surface area contributed by atoms with Crippen molar-refractivity contribution in [2.45, 2.75) is 20.1 Å². The Labute approximate surface area is 97.4 Å². The smallest absolute Gasteiger partial charge is 0.223 e. The summed E-state index contributed by atoms with van der Waals surface area (Å²) < 4.78 is 23.2. The fraction of sp³-hybridized carbons (Fsp3) is 0.273. The number of nitrogens with two attached hydrogens (primary N) is 1. The first-order chi connectivity index (χ1) is 8.19. The van der Waals surface area contributed by atoms with Gasteiger partial charge in [-0.25, -0.2) is 4.39 Å². The largest absolute Gasteiger partial charge is 0.485 e. The van der Waals surface area contributed by atoms with E-state index in [4.69, 9.17) is 15.0 Å². The number of halogens is 1. The van der Waals surface area contributed by atoms with Crippen LogP contribution in [0.5, 0.6) is 5.75 Å². The molecule has 0 aliphatic heterocycles. The molecule has 1 aromatic carbocycles. The predicted octanol–water partition coefficient (Wildman–Crippen LogP) is 1.55. The molecule has 0 atom stereocenters. The maximum Gasteiger partial charge on any atom is 0.223 e. The van der Waals surface area contributed by atoms with Gasteiger partial charge in [-0.05, 0) is 18.2 Å². The molecular weight excluding hydrogens is 225 g/mol. The van der Waals surface area contributed by atoms with Gasteiger partial charge in [-0.2, -0.15) is 4.98 Å². The molecule has 0 amide bonds. The van der Waals surface area contributed by atoms with Gasteiger partial charge in [0.15, 0.2) is 6.61 Å². The van der Waals surface area contributed by atoms with Crippen molar-refractivity contribution in [1.29, 1.82) is 0 Å². The third-order valence-corrected chi connectivity index (χ3v) is 2.17. The summed E-state index contributed by atoms with van der Waals surface area (Å²) in [6, 6.07) is 4.19. The minimum atomic E-state index is -0.340. The molecule has 0 fully saturated rings. The Balaban J connectivity index is 2.08. The highest BCUT2D eigenvalue weighted by Gasteiger charge is 2.07. The number of nitrogens with zero attached hydrogens (tertiary/aromatic N) is 2. The molecule has 0 radical (unpaired) electrons. The van der Waals surface area contributed by atoms with Gasteiger partial charge in [0.1, 0.15) is 11.6 Å². The van der Waals surface area contributed by atoms with Crippen molar-refractivity contribution >= 4 is 0 Å². The van der Waals surface area contributed by atoms with E-state index in [0.29, 0.717) is 23.0 Å². The Hall–Kier alpha value is -1.95. The summed E-state index contributed by atoms with van der Waals surface area (Å²) in [5, 5.41) is 3.69. The molecule has 1 heterocycles. The van der Waals surface area contributed by atoms with E-state index in [9.17, 15) is 4.39 Å². The molecule has 0 spiro atoms. The first-order valence-electron chi connectivity index (χ1n) is 5.09. The molecule has 0 saturated heterocycles. The van der Waals surface area contributed by atoms with Crippen molar-refractivity contribution in [3.05, 3.63) is 41.3 Å². The van der Waals surface area contributed by atoms with E-state index in [-0.39, 0.29) is 19.0 Å². The zero-order chi connectivity index (χ0) is 12.3. The van der Waals surface area contributed by atoms with E-state index in [2.05, 4.69) is 10.1 Å².